The molecule has 0 radical (unpaired) electrons. The first-order valence-corrected chi connectivity index (χ1v) is 6.64. The number of allylic oxidation sites excluding steroid dienone is 1. The summed E-state index contributed by atoms with van der Waals surface area (Å²) in [5.74, 6) is 1.37. The van der Waals surface area contributed by atoms with Crippen LogP contribution in [0.3, 0.4) is 0 Å². The Hall–Kier alpha value is -2.22. The first-order chi connectivity index (χ1) is 9.67. The van der Waals surface area contributed by atoms with Gasteiger partial charge in [0.1, 0.15) is 0 Å². The van der Waals surface area contributed by atoms with Gasteiger partial charge < -0.3 is 14.6 Å². The molecule has 0 unspecified atom stereocenters. The van der Waals surface area contributed by atoms with Gasteiger partial charge in [0.25, 0.3) is 0 Å². The summed E-state index contributed by atoms with van der Waals surface area (Å²) in [5.41, 5.74) is 0.455. The molecule has 2 rings (SSSR count). The average Bonchev–Trinajstić information content (AvgIpc) is 2.97. The Labute approximate surface area is 118 Å². The summed E-state index contributed by atoms with van der Waals surface area (Å²) in [6, 6.07) is 5.64. The van der Waals surface area contributed by atoms with Crippen molar-refractivity contribution in [3.8, 4) is 11.5 Å². The Balaban J connectivity index is 2.51. The molecular weight excluding hydrogens is 256 g/mol. The third-order valence-electron chi connectivity index (χ3n) is 4.06. The summed E-state index contributed by atoms with van der Waals surface area (Å²) in [6.45, 7) is 0. The van der Waals surface area contributed by atoms with Crippen molar-refractivity contribution in [3.05, 3.63) is 40.7 Å². The van der Waals surface area contributed by atoms with Crippen molar-refractivity contribution in [2.45, 2.75) is 31.1 Å². The molecule has 0 amide bonds. The molecule has 5 nitrogen and oxygen atoms in total. The van der Waals surface area contributed by atoms with E-state index in [2.05, 4.69) is 4.98 Å². The first-order valence-electron chi connectivity index (χ1n) is 6.64. The van der Waals surface area contributed by atoms with E-state index in [0.717, 1.165) is 37.4 Å². The smallest absolute Gasteiger partial charge is 0.388 e. The lowest BCUT2D eigenvalue weighted by molar-refractivity contribution is 0.293. The molecule has 1 aliphatic rings. The van der Waals surface area contributed by atoms with E-state index in [-0.39, 0.29) is 5.76 Å². The summed E-state index contributed by atoms with van der Waals surface area (Å²) in [6.07, 6.45) is 4.80. The Morgan fingerprint density at radius 3 is 2.45 bits per heavy atom. The predicted octanol–water partition coefficient (Wildman–Crippen LogP) is 3.77. The van der Waals surface area contributed by atoms with Gasteiger partial charge in [-0.15, -0.1) is 0 Å². The minimum Gasteiger partial charge on any atom is -0.505 e. The van der Waals surface area contributed by atoms with E-state index in [0.29, 0.717) is 11.5 Å². The highest BCUT2D eigenvalue weighted by Crippen LogP contribution is 2.47. The molecule has 106 valence electrons. The van der Waals surface area contributed by atoms with E-state index in [1.54, 1.807) is 14.2 Å². The molecule has 1 fully saturated rings. The van der Waals surface area contributed by atoms with E-state index in [1.165, 1.54) is 0 Å². The van der Waals surface area contributed by atoms with Crippen molar-refractivity contribution < 1.29 is 14.6 Å². The van der Waals surface area contributed by atoms with E-state index >= 15 is 0 Å². The molecule has 1 aliphatic carbocycles. The van der Waals surface area contributed by atoms with Gasteiger partial charge in [0, 0.05) is 0 Å². The van der Waals surface area contributed by atoms with Gasteiger partial charge in [0.05, 0.1) is 19.6 Å². The maximum Gasteiger partial charge on any atom is 0.388 e. The fraction of sp³-hybridized carbons (Fsp3) is 0.467. The largest absolute Gasteiger partial charge is 0.505 e. The van der Waals surface area contributed by atoms with Gasteiger partial charge in [-0.25, -0.2) is 0 Å². The lowest BCUT2D eigenvalue weighted by Crippen LogP contribution is -2.25. The molecule has 20 heavy (non-hydrogen) atoms. The zero-order chi connectivity index (χ0) is 14.6. The number of aliphatic hydroxyl groups excluding tert-OH is 1. The standard InChI is InChI=1S/C15H18N2O3/c1-19-12-6-5-11(9-13(12)20-2)15(7-3-4-8-15)14(18)10-17-16/h5-6,9-10H,3-4,7-8H2,1-2H3/p+1. The summed E-state index contributed by atoms with van der Waals surface area (Å²) >= 11 is 0. The summed E-state index contributed by atoms with van der Waals surface area (Å²) in [7, 11) is 3.17. The van der Waals surface area contributed by atoms with Crippen molar-refractivity contribution in [3.63, 3.8) is 0 Å². The number of methoxy groups -OCH3 is 2. The van der Waals surface area contributed by atoms with Crippen LogP contribution < -0.4 is 9.47 Å². The minimum atomic E-state index is -0.494. The molecule has 0 aromatic heterocycles. The van der Waals surface area contributed by atoms with Crippen LogP contribution >= 0.6 is 0 Å². The van der Waals surface area contributed by atoms with Crippen LogP contribution in [0.1, 0.15) is 31.2 Å². The molecule has 1 aromatic carbocycles. The predicted molar refractivity (Wildman–Crippen MR) is 75.5 cm³/mol. The summed E-state index contributed by atoms with van der Waals surface area (Å²) in [5, 5.41) is 19.0. The SMILES string of the molecule is COc1ccc(C2(C(O)=C[N+]#N)CCCC2)cc1OC. The quantitative estimate of drug-likeness (QED) is 0.671. The van der Waals surface area contributed by atoms with Crippen LogP contribution in [0.4, 0.5) is 0 Å². The molecule has 1 N–H and O–H groups in total. The maximum atomic E-state index is 10.3. The van der Waals surface area contributed by atoms with E-state index in [9.17, 15) is 5.11 Å². The second kappa shape index (κ2) is 5.83. The van der Waals surface area contributed by atoms with Gasteiger partial charge >= 0.3 is 6.20 Å². The van der Waals surface area contributed by atoms with Crippen molar-refractivity contribution in [2.24, 2.45) is 0 Å². The van der Waals surface area contributed by atoms with E-state index in [1.807, 2.05) is 18.2 Å². The highest BCUT2D eigenvalue weighted by atomic mass is 16.5. The van der Waals surface area contributed by atoms with Crippen LogP contribution in [0.2, 0.25) is 0 Å². The Kier molecular flexibility index (Phi) is 4.14. The number of ether oxygens (including phenoxy) is 2. The van der Waals surface area contributed by atoms with Crippen LogP contribution in [0, 0.1) is 5.39 Å². The van der Waals surface area contributed by atoms with E-state index < -0.39 is 5.41 Å². The fourth-order valence-corrected chi connectivity index (χ4v) is 2.98. The second-order valence-electron chi connectivity index (χ2n) is 4.99. The Morgan fingerprint density at radius 1 is 1.25 bits per heavy atom. The van der Waals surface area contributed by atoms with Gasteiger partial charge in [0.2, 0.25) is 5.39 Å². The molecular formula is C15H19N2O3+. The number of hydrogen-bond acceptors (Lipinski definition) is 4. The molecule has 0 bridgehead atoms. The number of diazo groups is 1. The zero-order valence-corrected chi connectivity index (χ0v) is 11.8. The van der Waals surface area contributed by atoms with Crippen LogP contribution in [0.5, 0.6) is 11.5 Å². The molecule has 0 spiro atoms. The van der Waals surface area contributed by atoms with Gasteiger partial charge in [-0.05, 0) is 30.5 Å². The lowest BCUT2D eigenvalue weighted by atomic mass is 9.77. The van der Waals surface area contributed by atoms with Gasteiger partial charge in [-0.2, -0.15) is 0 Å². The van der Waals surface area contributed by atoms with Gasteiger partial charge in [-0.3, -0.25) is 0 Å². The monoisotopic (exact) mass is 275 g/mol. The highest BCUT2D eigenvalue weighted by Gasteiger charge is 2.42. The Bertz CT molecular complexity index is 555. The molecule has 0 atom stereocenters. The highest BCUT2D eigenvalue weighted by molar-refractivity contribution is 5.47. The number of nitrogens with zero attached hydrogens (tertiary/aromatic N) is 2. The second-order valence-corrected chi connectivity index (χ2v) is 4.99. The van der Waals surface area contributed by atoms with Gasteiger partial charge in [-0.1, -0.05) is 18.9 Å². The molecule has 5 heteroatoms. The van der Waals surface area contributed by atoms with Crippen molar-refractivity contribution >= 4 is 0 Å². The van der Waals surface area contributed by atoms with E-state index in [4.69, 9.17) is 14.9 Å². The van der Waals surface area contributed by atoms with Crippen molar-refractivity contribution in [1.82, 2.24) is 0 Å². The molecule has 0 aliphatic heterocycles. The number of rotatable bonds is 4. The molecule has 0 saturated heterocycles. The van der Waals surface area contributed by atoms with Crippen LogP contribution in [-0.2, 0) is 5.41 Å². The van der Waals surface area contributed by atoms with Crippen LogP contribution in [-0.4, -0.2) is 19.3 Å². The zero-order valence-electron chi connectivity index (χ0n) is 11.8. The number of aliphatic hydroxyl groups is 1. The summed E-state index contributed by atoms with van der Waals surface area (Å²) in [4.78, 5) is 2.96. The molecule has 1 saturated carbocycles. The molecule has 0 heterocycles. The van der Waals surface area contributed by atoms with Crippen LogP contribution in [0.25, 0.3) is 4.98 Å². The van der Waals surface area contributed by atoms with Crippen molar-refractivity contribution in [2.75, 3.05) is 14.2 Å². The third kappa shape index (κ3) is 2.29. The lowest BCUT2D eigenvalue weighted by Gasteiger charge is -2.27. The normalized spacial score (nSPS) is 17.6. The molecule has 1 aromatic rings. The number of benzene rings is 1. The maximum absolute atomic E-state index is 10.3. The number of hydrogen-bond donors (Lipinski definition) is 1. The minimum absolute atomic E-state index is 0.0877. The van der Waals surface area contributed by atoms with Crippen molar-refractivity contribution in [1.29, 1.82) is 5.39 Å². The average molecular weight is 275 g/mol. The third-order valence-corrected chi connectivity index (χ3v) is 4.06. The fourth-order valence-electron chi connectivity index (χ4n) is 2.98. The Morgan fingerprint density at radius 2 is 1.90 bits per heavy atom. The van der Waals surface area contributed by atoms with Crippen LogP contribution in [0.15, 0.2) is 30.2 Å². The van der Waals surface area contributed by atoms with Gasteiger partial charge in [0.15, 0.2) is 22.2 Å². The topological polar surface area (TPSA) is 66.8 Å². The summed E-state index contributed by atoms with van der Waals surface area (Å²) < 4.78 is 10.6. The first kappa shape index (κ1) is 14.2.